The van der Waals surface area contributed by atoms with E-state index in [0.717, 1.165) is 5.56 Å². The van der Waals surface area contributed by atoms with Crippen LogP contribution in [0.25, 0.3) is 0 Å². The lowest BCUT2D eigenvalue weighted by molar-refractivity contribution is -0.385. The Balaban J connectivity index is 3.59. The van der Waals surface area contributed by atoms with Crippen molar-refractivity contribution in [2.24, 2.45) is 0 Å². The average Bonchev–Trinajstić information content (AvgIpc) is 2.27. The fraction of sp³-hybridized carbons (Fsp3) is 0.385. The summed E-state index contributed by atoms with van der Waals surface area (Å²) in [4.78, 5) is 10.4. The molecule has 0 aliphatic heterocycles. The highest BCUT2D eigenvalue weighted by atomic mass is 16.6. The zero-order valence-electron chi connectivity index (χ0n) is 10.5. The number of hydrogen-bond donors (Lipinski definition) is 0. The molecule has 0 fully saturated rings. The van der Waals surface area contributed by atoms with Crippen LogP contribution in [0.5, 0.6) is 0 Å². The number of nitrogens with zero attached hydrogens (tertiary/aromatic N) is 3. The first-order valence-corrected chi connectivity index (χ1v) is 5.40. The fourth-order valence-electron chi connectivity index (χ4n) is 1.74. The molecule has 0 N–H and O–H groups in total. The molecule has 5 heteroatoms. The third-order valence-electron chi connectivity index (χ3n) is 2.61. The van der Waals surface area contributed by atoms with E-state index in [-0.39, 0.29) is 23.1 Å². The van der Waals surface area contributed by atoms with Crippen molar-refractivity contribution in [3.63, 3.8) is 0 Å². The zero-order valence-corrected chi connectivity index (χ0v) is 10.5. The molecule has 0 heterocycles. The van der Waals surface area contributed by atoms with Crippen molar-refractivity contribution < 1.29 is 4.92 Å². The Morgan fingerprint density at radius 1 is 1.33 bits per heavy atom. The van der Waals surface area contributed by atoms with E-state index in [1.165, 1.54) is 6.07 Å². The van der Waals surface area contributed by atoms with E-state index < -0.39 is 4.92 Å². The van der Waals surface area contributed by atoms with Crippen molar-refractivity contribution in [2.45, 2.75) is 32.6 Å². The van der Waals surface area contributed by atoms with E-state index in [9.17, 15) is 10.1 Å². The molecule has 1 aromatic carbocycles. The summed E-state index contributed by atoms with van der Waals surface area (Å²) in [5, 5.41) is 28.7. The Kier molecular flexibility index (Phi) is 3.68. The molecule has 0 bridgehead atoms. The first-order valence-electron chi connectivity index (χ1n) is 5.40. The van der Waals surface area contributed by atoms with Gasteiger partial charge in [-0.05, 0) is 17.0 Å². The summed E-state index contributed by atoms with van der Waals surface area (Å²) in [7, 11) is 0. The fourth-order valence-corrected chi connectivity index (χ4v) is 1.74. The van der Waals surface area contributed by atoms with Crippen LogP contribution in [0.1, 0.15) is 37.5 Å². The molecule has 0 saturated heterocycles. The maximum absolute atomic E-state index is 10.9. The minimum Gasteiger partial charge on any atom is -0.258 e. The van der Waals surface area contributed by atoms with Gasteiger partial charge in [-0.15, -0.1) is 0 Å². The van der Waals surface area contributed by atoms with Gasteiger partial charge in [0.15, 0.2) is 0 Å². The minimum absolute atomic E-state index is 0.0366. The van der Waals surface area contributed by atoms with E-state index in [1.54, 1.807) is 6.07 Å². The minimum atomic E-state index is -0.556. The predicted molar refractivity (Wildman–Crippen MR) is 65.8 cm³/mol. The molecule has 0 aliphatic carbocycles. The lowest BCUT2D eigenvalue weighted by atomic mass is 9.82. The summed E-state index contributed by atoms with van der Waals surface area (Å²) in [6.45, 7) is 5.77. The first-order chi connectivity index (χ1) is 8.31. The Labute approximate surface area is 105 Å². The van der Waals surface area contributed by atoms with Crippen molar-refractivity contribution >= 4 is 5.69 Å². The molecule has 0 aromatic heterocycles. The van der Waals surface area contributed by atoms with Crippen LogP contribution < -0.4 is 0 Å². The second kappa shape index (κ2) is 4.85. The van der Waals surface area contributed by atoms with Crippen LogP contribution in [-0.2, 0) is 11.8 Å². The molecular formula is C13H13N3O2. The molecule has 92 valence electrons. The molecule has 0 atom stereocenters. The average molecular weight is 243 g/mol. The Morgan fingerprint density at radius 2 is 1.94 bits per heavy atom. The monoisotopic (exact) mass is 243 g/mol. The molecule has 1 aromatic rings. The van der Waals surface area contributed by atoms with Gasteiger partial charge in [-0.25, -0.2) is 0 Å². The quantitative estimate of drug-likeness (QED) is 0.589. The molecule has 0 radical (unpaired) electrons. The molecule has 0 amide bonds. The predicted octanol–water partition coefficient (Wildman–Crippen LogP) is 2.83. The summed E-state index contributed by atoms with van der Waals surface area (Å²) < 4.78 is 0. The van der Waals surface area contributed by atoms with Crippen LogP contribution in [0.3, 0.4) is 0 Å². The highest BCUT2D eigenvalue weighted by molar-refractivity contribution is 5.54. The van der Waals surface area contributed by atoms with Crippen LogP contribution in [0, 0.1) is 32.8 Å². The Hall–Kier alpha value is -2.40. The van der Waals surface area contributed by atoms with Crippen molar-refractivity contribution in [2.75, 3.05) is 0 Å². The summed E-state index contributed by atoms with van der Waals surface area (Å²) in [5.74, 6) is 0. The lowest BCUT2D eigenvalue weighted by Crippen LogP contribution is -2.14. The number of nitro benzene ring substituents is 1. The van der Waals surface area contributed by atoms with Gasteiger partial charge in [-0.2, -0.15) is 10.5 Å². The molecular weight excluding hydrogens is 230 g/mol. The number of rotatable bonds is 2. The van der Waals surface area contributed by atoms with Gasteiger partial charge in [0.1, 0.15) is 0 Å². The zero-order chi connectivity index (χ0) is 13.9. The maximum atomic E-state index is 10.9. The molecule has 0 unspecified atom stereocenters. The van der Waals surface area contributed by atoms with Crippen LogP contribution >= 0.6 is 0 Å². The second-order valence-corrected chi connectivity index (χ2v) is 4.98. The first kappa shape index (κ1) is 13.7. The van der Waals surface area contributed by atoms with E-state index >= 15 is 0 Å². The van der Waals surface area contributed by atoms with Gasteiger partial charge in [0.05, 0.1) is 29.0 Å². The van der Waals surface area contributed by atoms with Gasteiger partial charge < -0.3 is 0 Å². The van der Waals surface area contributed by atoms with Gasteiger partial charge in [0.2, 0.25) is 0 Å². The van der Waals surface area contributed by atoms with Crippen LogP contribution in [0.2, 0.25) is 0 Å². The van der Waals surface area contributed by atoms with Gasteiger partial charge in [-0.3, -0.25) is 10.1 Å². The maximum Gasteiger partial charge on any atom is 0.274 e. The van der Waals surface area contributed by atoms with Gasteiger partial charge in [0.25, 0.3) is 5.69 Å². The summed E-state index contributed by atoms with van der Waals surface area (Å²) in [5.41, 5.74) is 0.897. The number of benzene rings is 1. The highest BCUT2D eigenvalue weighted by Crippen LogP contribution is 2.31. The molecule has 0 saturated carbocycles. The molecule has 0 spiro atoms. The molecule has 18 heavy (non-hydrogen) atoms. The summed E-state index contributed by atoms with van der Waals surface area (Å²) in [6, 6.07) is 6.74. The molecule has 0 aliphatic rings. The van der Waals surface area contributed by atoms with Crippen molar-refractivity contribution in [3.8, 4) is 12.1 Å². The SMILES string of the molecule is CC(C)(C)c1cc(CC#N)c([N+](=O)[O-])cc1C#N. The normalized spacial score (nSPS) is 10.5. The second-order valence-electron chi connectivity index (χ2n) is 4.98. The topological polar surface area (TPSA) is 90.7 Å². The van der Waals surface area contributed by atoms with E-state index in [4.69, 9.17) is 10.5 Å². The van der Waals surface area contributed by atoms with Gasteiger partial charge in [0, 0.05) is 11.6 Å². The summed E-state index contributed by atoms with van der Waals surface area (Å²) >= 11 is 0. The Bertz CT molecular complexity index is 572. The van der Waals surface area contributed by atoms with Crippen LogP contribution in [-0.4, -0.2) is 4.92 Å². The largest absolute Gasteiger partial charge is 0.274 e. The third-order valence-corrected chi connectivity index (χ3v) is 2.61. The summed E-state index contributed by atoms with van der Waals surface area (Å²) in [6.07, 6.45) is -0.0366. The Morgan fingerprint density at radius 3 is 2.33 bits per heavy atom. The number of nitriles is 2. The van der Waals surface area contributed by atoms with Gasteiger partial charge in [-0.1, -0.05) is 20.8 Å². The lowest BCUT2D eigenvalue weighted by Gasteiger charge is -2.21. The van der Waals surface area contributed by atoms with E-state index in [0.29, 0.717) is 5.56 Å². The van der Waals surface area contributed by atoms with Crippen molar-refractivity contribution in [3.05, 3.63) is 38.9 Å². The molecule has 1 rings (SSSR count). The number of hydrogen-bond acceptors (Lipinski definition) is 4. The van der Waals surface area contributed by atoms with Crippen LogP contribution in [0.15, 0.2) is 12.1 Å². The molecule has 5 nitrogen and oxygen atoms in total. The number of nitro groups is 1. The smallest absolute Gasteiger partial charge is 0.258 e. The van der Waals surface area contributed by atoms with Crippen LogP contribution in [0.4, 0.5) is 5.69 Å². The third kappa shape index (κ3) is 2.64. The van der Waals surface area contributed by atoms with Gasteiger partial charge >= 0.3 is 0 Å². The standard InChI is InChI=1S/C13H13N3O2/c1-13(2,3)11-6-9(4-5-14)12(16(17)18)7-10(11)8-15/h6-7H,4H2,1-3H3. The van der Waals surface area contributed by atoms with E-state index in [1.807, 2.05) is 32.9 Å². The van der Waals surface area contributed by atoms with E-state index in [2.05, 4.69) is 0 Å². The van der Waals surface area contributed by atoms with Crippen molar-refractivity contribution in [1.82, 2.24) is 0 Å². The van der Waals surface area contributed by atoms with Crippen molar-refractivity contribution in [1.29, 1.82) is 10.5 Å². The highest BCUT2D eigenvalue weighted by Gasteiger charge is 2.24.